The molecule has 3 nitrogen and oxygen atoms in total. The van der Waals surface area contributed by atoms with Crippen LogP contribution in [-0.4, -0.2) is 24.7 Å². The van der Waals surface area contributed by atoms with Crippen LogP contribution >= 0.6 is 0 Å². The Labute approximate surface area is 78.8 Å². The summed E-state index contributed by atoms with van der Waals surface area (Å²) >= 11 is 0. The second kappa shape index (κ2) is 4.88. The standard InChI is InChI=1S/C10H15NO2/c1-3-5-8(2)11-10(12)9-6-4-7-13-9/h1,8-9H,4-7H2,2H3,(H,11,12). The molecule has 0 radical (unpaired) electrons. The summed E-state index contributed by atoms with van der Waals surface area (Å²) in [5, 5.41) is 2.82. The average Bonchev–Trinajstić information content (AvgIpc) is 2.55. The van der Waals surface area contributed by atoms with Crippen LogP contribution in [0.4, 0.5) is 0 Å². The third-order valence-corrected chi connectivity index (χ3v) is 2.03. The van der Waals surface area contributed by atoms with Gasteiger partial charge >= 0.3 is 0 Å². The molecule has 1 amide bonds. The van der Waals surface area contributed by atoms with E-state index in [0.717, 1.165) is 12.8 Å². The van der Waals surface area contributed by atoms with E-state index in [9.17, 15) is 4.79 Å². The molecular formula is C10H15NO2. The third kappa shape index (κ3) is 3.08. The van der Waals surface area contributed by atoms with Crippen LogP contribution in [-0.2, 0) is 9.53 Å². The predicted molar refractivity (Wildman–Crippen MR) is 50.0 cm³/mol. The molecule has 0 aromatic rings. The molecule has 0 aromatic heterocycles. The number of rotatable bonds is 3. The molecule has 1 saturated heterocycles. The van der Waals surface area contributed by atoms with Gasteiger partial charge in [0.15, 0.2) is 0 Å². The molecule has 0 saturated carbocycles. The van der Waals surface area contributed by atoms with E-state index in [0.29, 0.717) is 13.0 Å². The van der Waals surface area contributed by atoms with Crippen molar-refractivity contribution in [2.24, 2.45) is 0 Å². The highest BCUT2D eigenvalue weighted by molar-refractivity contribution is 5.81. The molecule has 1 rings (SSSR count). The Morgan fingerprint density at radius 3 is 3.15 bits per heavy atom. The van der Waals surface area contributed by atoms with Crippen LogP contribution in [0.1, 0.15) is 26.2 Å². The first-order valence-electron chi connectivity index (χ1n) is 4.59. The van der Waals surface area contributed by atoms with Gasteiger partial charge in [0.25, 0.3) is 0 Å². The van der Waals surface area contributed by atoms with Gasteiger partial charge in [-0.05, 0) is 19.8 Å². The van der Waals surface area contributed by atoms with Crippen molar-refractivity contribution in [3.63, 3.8) is 0 Å². The molecule has 0 aromatic carbocycles. The Bertz CT molecular complexity index is 213. The fraction of sp³-hybridized carbons (Fsp3) is 0.700. The first-order chi connectivity index (χ1) is 6.24. The minimum Gasteiger partial charge on any atom is -0.368 e. The number of ether oxygens (including phenoxy) is 1. The van der Waals surface area contributed by atoms with Crippen molar-refractivity contribution in [3.8, 4) is 12.3 Å². The number of nitrogens with one attached hydrogen (secondary N) is 1. The van der Waals surface area contributed by atoms with E-state index in [-0.39, 0.29) is 18.1 Å². The Morgan fingerprint density at radius 1 is 1.85 bits per heavy atom. The van der Waals surface area contributed by atoms with Crippen molar-refractivity contribution in [3.05, 3.63) is 0 Å². The summed E-state index contributed by atoms with van der Waals surface area (Å²) in [5.74, 6) is 2.48. The number of hydrogen-bond acceptors (Lipinski definition) is 2. The van der Waals surface area contributed by atoms with Crippen LogP contribution in [0.25, 0.3) is 0 Å². The summed E-state index contributed by atoms with van der Waals surface area (Å²) in [7, 11) is 0. The Morgan fingerprint density at radius 2 is 2.62 bits per heavy atom. The predicted octanol–water partition coefficient (Wildman–Crippen LogP) is 0.693. The molecule has 72 valence electrons. The van der Waals surface area contributed by atoms with Crippen molar-refractivity contribution < 1.29 is 9.53 Å². The van der Waals surface area contributed by atoms with Crippen molar-refractivity contribution >= 4 is 5.91 Å². The quantitative estimate of drug-likeness (QED) is 0.651. The van der Waals surface area contributed by atoms with Crippen LogP contribution in [0.2, 0.25) is 0 Å². The summed E-state index contributed by atoms with van der Waals surface area (Å²) in [6.45, 7) is 2.59. The van der Waals surface area contributed by atoms with Crippen LogP contribution in [0, 0.1) is 12.3 Å². The number of carbonyl (C=O) groups is 1. The Kier molecular flexibility index (Phi) is 3.78. The fourth-order valence-electron chi connectivity index (χ4n) is 1.35. The van der Waals surface area contributed by atoms with Gasteiger partial charge in [0.2, 0.25) is 5.91 Å². The summed E-state index contributed by atoms with van der Waals surface area (Å²) in [6.07, 6.45) is 7.25. The summed E-state index contributed by atoms with van der Waals surface area (Å²) in [5.41, 5.74) is 0. The maximum Gasteiger partial charge on any atom is 0.249 e. The highest BCUT2D eigenvalue weighted by Gasteiger charge is 2.23. The molecule has 1 heterocycles. The zero-order valence-corrected chi connectivity index (χ0v) is 7.88. The number of terminal acetylenes is 1. The summed E-state index contributed by atoms with van der Waals surface area (Å²) in [6, 6.07) is 0.0432. The largest absolute Gasteiger partial charge is 0.368 e. The van der Waals surface area contributed by atoms with Crippen molar-refractivity contribution in [2.75, 3.05) is 6.61 Å². The van der Waals surface area contributed by atoms with Gasteiger partial charge in [0.1, 0.15) is 6.10 Å². The molecule has 1 fully saturated rings. The minimum absolute atomic E-state index is 0.0275. The molecular weight excluding hydrogens is 166 g/mol. The van der Waals surface area contributed by atoms with E-state index < -0.39 is 0 Å². The van der Waals surface area contributed by atoms with E-state index in [4.69, 9.17) is 11.2 Å². The number of hydrogen-bond donors (Lipinski definition) is 1. The maximum absolute atomic E-state index is 11.4. The lowest BCUT2D eigenvalue weighted by Crippen LogP contribution is -2.39. The molecule has 1 aliphatic heterocycles. The van der Waals surface area contributed by atoms with E-state index in [1.54, 1.807) is 0 Å². The lowest BCUT2D eigenvalue weighted by molar-refractivity contribution is -0.130. The summed E-state index contributed by atoms with van der Waals surface area (Å²) < 4.78 is 5.23. The smallest absolute Gasteiger partial charge is 0.249 e. The SMILES string of the molecule is C#CCC(C)NC(=O)C1CCCO1. The summed E-state index contributed by atoms with van der Waals surface area (Å²) in [4.78, 5) is 11.4. The molecule has 0 aliphatic carbocycles. The van der Waals surface area contributed by atoms with Gasteiger partial charge < -0.3 is 10.1 Å². The van der Waals surface area contributed by atoms with Gasteiger partial charge in [-0.2, -0.15) is 0 Å². The monoisotopic (exact) mass is 181 g/mol. The first-order valence-corrected chi connectivity index (χ1v) is 4.59. The van der Waals surface area contributed by atoms with Crippen LogP contribution < -0.4 is 5.32 Å². The zero-order chi connectivity index (χ0) is 9.68. The fourth-order valence-corrected chi connectivity index (χ4v) is 1.35. The van der Waals surface area contributed by atoms with Crippen molar-refractivity contribution in [1.29, 1.82) is 0 Å². The molecule has 3 heteroatoms. The van der Waals surface area contributed by atoms with Crippen LogP contribution in [0.3, 0.4) is 0 Å². The Hall–Kier alpha value is -1.01. The van der Waals surface area contributed by atoms with Gasteiger partial charge in [-0.1, -0.05) is 0 Å². The van der Waals surface area contributed by atoms with Gasteiger partial charge in [0.05, 0.1) is 0 Å². The van der Waals surface area contributed by atoms with E-state index >= 15 is 0 Å². The van der Waals surface area contributed by atoms with Gasteiger partial charge in [0, 0.05) is 19.1 Å². The molecule has 1 aliphatic rings. The topological polar surface area (TPSA) is 38.3 Å². The molecule has 0 bridgehead atoms. The zero-order valence-electron chi connectivity index (χ0n) is 7.88. The normalized spacial score (nSPS) is 23.5. The van der Waals surface area contributed by atoms with Crippen molar-refractivity contribution in [1.82, 2.24) is 5.32 Å². The van der Waals surface area contributed by atoms with E-state index in [1.807, 2.05) is 6.92 Å². The highest BCUT2D eigenvalue weighted by Crippen LogP contribution is 2.11. The highest BCUT2D eigenvalue weighted by atomic mass is 16.5. The molecule has 2 atom stereocenters. The second-order valence-electron chi connectivity index (χ2n) is 3.32. The van der Waals surface area contributed by atoms with E-state index in [2.05, 4.69) is 11.2 Å². The third-order valence-electron chi connectivity index (χ3n) is 2.03. The van der Waals surface area contributed by atoms with Gasteiger partial charge in [-0.15, -0.1) is 12.3 Å². The lowest BCUT2D eigenvalue weighted by Gasteiger charge is -2.14. The van der Waals surface area contributed by atoms with Crippen LogP contribution in [0.5, 0.6) is 0 Å². The van der Waals surface area contributed by atoms with E-state index in [1.165, 1.54) is 0 Å². The minimum atomic E-state index is -0.250. The van der Waals surface area contributed by atoms with Crippen LogP contribution in [0.15, 0.2) is 0 Å². The number of amides is 1. The van der Waals surface area contributed by atoms with Crippen molar-refractivity contribution in [2.45, 2.75) is 38.3 Å². The molecule has 1 N–H and O–H groups in total. The lowest BCUT2D eigenvalue weighted by atomic mass is 10.2. The Balaban J connectivity index is 2.28. The van der Waals surface area contributed by atoms with Gasteiger partial charge in [-0.25, -0.2) is 0 Å². The average molecular weight is 181 g/mol. The molecule has 0 spiro atoms. The number of carbonyl (C=O) groups excluding carboxylic acids is 1. The second-order valence-corrected chi connectivity index (χ2v) is 3.32. The molecule has 13 heavy (non-hydrogen) atoms. The first kappa shape index (κ1) is 10.1. The molecule has 2 unspecified atom stereocenters. The maximum atomic E-state index is 11.4. The van der Waals surface area contributed by atoms with Gasteiger partial charge in [-0.3, -0.25) is 4.79 Å².